The number of nitrogens with one attached hydrogen (secondary N) is 3. The van der Waals surface area contributed by atoms with Gasteiger partial charge in [0.25, 0.3) is 5.91 Å². The van der Waals surface area contributed by atoms with E-state index in [2.05, 4.69) is 11.4 Å². The van der Waals surface area contributed by atoms with E-state index in [1.54, 1.807) is 14.2 Å². The van der Waals surface area contributed by atoms with Crippen LogP contribution in [0.1, 0.15) is 25.8 Å². The van der Waals surface area contributed by atoms with Crippen molar-refractivity contribution in [3.05, 3.63) is 23.8 Å². The standard InChI is InChI=1S/C22H35N3O5/c1-16(2)12-18(22(27)30-5)23-21(26)15-25-10-8-24(9-11-25)14-17-6-7-19(28-3)20(13-17)29-4/h6-7,13,16,18H,8-12,14-15H2,1-5H3,(H,23,26)/p+2/t18-/m0/s1. The molecule has 1 aliphatic heterocycles. The Kier molecular flexibility index (Phi) is 9.39. The number of carbonyl (C=O) groups excluding carboxylic acids is 2. The van der Waals surface area contributed by atoms with Gasteiger partial charge >= 0.3 is 5.97 Å². The van der Waals surface area contributed by atoms with E-state index in [1.165, 1.54) is 22.5 Å². The number of piperazine rings is 1. The maximum atomic E-state index is 12.5. The summed E-state index contributed by atoms with van der Waals surface area (Å²) in [5.41, 5.74) is 1.21. The second-order valence-electron chi connectivity index (χ2n) is 8.32. The quantitative estimate of drug-likeness (QED) is 0.407. The Morgan fingerprint density at radius 3 is 2.20 bits per heavy atom. The molecule has 1 saturated heterocycles. The van der Waals surface area contributed by atoms with Crippen molar-refractivity contribution in [3.8, 4) is 11.5 Å². The van der Waals surface area contributed by atoms with Crippen molar-refractivity contribution >= 4 is 11.9 Å². The first-order valence-corrected chi connectivity index (χ1v) is 10.6. The number of hydrogen-bond donors (Lipinski definition) is 3. The highest BCUT2D eigenvalue weighted by molar-refractivity contribution is 5.84. The lowest BCUT2D eigenvalue weighted by Gasteiger charge is -2.30. The Morgan fingerprint density at radius 1 is 1.00 bits per heavy atom. The van der Waals surface area contributed by atoms with Crippen LogP contribution in [0, 0.1) is 5.92 Å². The number of esters is 1. The van der Waals surface area contributed by atoms with Crippen LogP contribution in [0.2, 0.25) is 0 Å². The van der Waals surface area contributed by atoms with Crippen molar-refractivity contribution in [2.75, 3.05) is 54.1 Å². The summed E-state index contributed by atoms with van der Waals surface area (Å²) in [7, 11) is 4.64. The number of methoxy groups -OCH3 is 3. The summed E-state index contributed by atoms with van der Waals surface area (Å²) in [6.45, 7) is 9.16. The van der Waals surface area contributed by atoms with Crippen molar-refractivity contribution in [2.24, 2.45) is 5.92 Å². The summed E-state index contributed by atoms with van der Waals surface area (Å²) in [6.07, 6.45) is 0.580. The predicted octanol–water partition coefficient (Wildman–Crippen LogP) is -1.31. The highest BCUT2D eigenvalue weighted by atomic mass is 16.5. The average molecular weight is 424 g/mol. The summed E-state index contributed by atoms with van der Waals surface area (Å²) in [4.78, 5) is 27.1. The molecule has 0 radical (unpaired) electrons. The van der Waals surface area contributed by atoms with Crippen molar-refractivity contribution in [1.29, 1.82) is 0 Å². The average Bonchev–Trinajstić information content (AvgIpc) is 2.73. The van der Waals surface area contributed by atoms with E-state index in [-0.39, 0.29) is 11.9 Å². The molecule has 1 heterocycles. The van der Waals surface area contributed by atoms with Crippen LogP contribution >= 0.6 is 0 Å². The number of ether oxygens (including phenoxy) is 3. The lowest BCUT2D eigenvalue weighted by atomic mass is 10.0. The molecule has 1 atom stereocenters. The summed E-state index contributed by atoms with van der Waals surface area (Å²) in [5.74, 6) is 1.31. The minimum absolute atomic E-state index is 0.0932. The van der Waals surface area contributed by atoms with Gasteiger partial charge in [-0.1, -0.05) is 13.8 Å². The van der Waals surface area contributed by atoms with Gasteiger partial charge in [-0.3, -0.25) is 4.79 Å². The van der Waals surface area contributed by atoms with E-state index in [0.717, 1.165) is 44.2 Å². The molecule has 2 rings (SSSR count). The molecule has 0 aromatic heterocycles. The van der Waals surface area contributed by atoms with Crippen LogP contribution in [0.3, 0.4) is 0 Å². The van der Waals surface area contributed by atoms with Gasteiger partial charge in [-0.2, -0.15) is 0 Å². The van der Waals surface area contributed by atoms with Gasteiger partial charge in [0.05, 0.1) is 21.3 Å². The van der Waals surface area contributed by atoms with Gasteiger partial charge in [0.15, 0.2) is 18.0 Å². The molecule has 30 heavy (non-hydrogen) atoms. The van der Waals surface area contributed by atoms with Gasteiger partial charge in [0.1, 0.15) is 38.8 Å². The first-order valence-electron chi connectivity index (χ1n) is 10.6. The van der Waals surface area contributed by atoms with Crippen LogP contribution in [0.15, 0.2) is 18.2 Å². The predicted molar refractivity (Wildman–Crippen MR) is 113 cm³/mol. The van der Waals surface area contributed by atoms with Crippen molar-refractivity contribution in [2.45, 2.75) is 32.9 Å². The highest BCUT2D eigenvalue weighted by Gasteiger charge is 2.28. The van der Waals surface area contributed by atoms with Gasteiger partial charge in [0, 0.05) is 5.56 Å². The molecule has 8 heteroatoms. The highest BCUT2D eigenvalue weighted by Crippen LogP contribution is 2.27. The van der Waals surface area contributed by atoms with E-state index >= 15 is 0 Å². The maximum absolute atomic E-state index is 12.5. The zero-order valence-electron chi connectivity index (χ0n) is 18.9. The van der Waals surface area contributed by atoms with Gasteiger partial charge in [0.2, 0.25) is 0 Å². The summed E-state index contributed by atoms with van der Waals surface area (Å²) >= 11 is 0. The van der Waals surface area contributed by atoms with Crippen LogP contribution in [0.4, 0.5) is 0 Å². The molecular formula is C22H37N3O5+2. The Labute approximate surface area is 179 Å². The second kappa shape index (κ2) is 11.8. The first kappa shape index (κ1) is 24.0. The third-order valence-corrected chi connectivity index (χ3v) is 5.50. The number of amides is 1. The third kappa shape index (κ3) is 7.18. The Bertz CT molecular complexity index is 702. The Morgan fingerprint density at radius 2 is 1.63 bits per heavy atom. The lowest BCUT2D eigenvalue weighted by Crippen LogP contribution is -3.28. The Hall–Kier alpha value is -2.32. The van der Waals surface area contributed by atoms with Gasteiger partial charge in [-0.25, -0.2) is 4.79 Å². The molecule has 1 aromatic rings. The number of benzene rings is 1. The fourth-order valence-corrected chi connectivity index (χ4v) is 3.89. The number of carbonyl (C=O) groups is 2. The van der Waals surface area contributed by atoms with E-state index in [1.807, 2.05) is 26.0 Å². The van der Waals surface area contributed by atoms with E-state index in [9.17, 15) is 9.59 Å². The first-order chi connectivity index (χ1) is 14.4. The topological polar surface area (TPSA) is 82.7 Å². The number of quaternary nitrogens is 2. The zero-order valence-corrected chi connectivity index (χ0v) is 18.9. The third-order valence-electron chi connectivity index (χ3n) is 5.50. The minimum atomic E-state index is -0.570. The molecule has 0 unspecified atom stereocenters. The van der Waals surface area contributed by atoms with Crippen molar-refractivity contribution in [1.82, 2.24) is 5.32 Å². The molecule has 0 spiro atoms. The van der Waals surface area contributed by atoms with Crippen molar-refractivity contribution in [3.63, 3.8) is 0 Å². The molecule has 8 nitrogen and oxygen atoms in total. The van der Waals surface area contributed by atoms with Gasteiger partial charge in [-0.15, -0.1) is 0 Å². The van der Waals surface area contributed by atoms with E-state index < -0.39 is 6.04 Å². The van der Waals surface area contributed by atoms with Crippen molar-refractivity contribution < 1.29 is 33.6 Å². The monoisotopic (exact) mass is 423 g/mol. The normalized spacial score (nSPS) is 19.8. The van der Waals surface area contributed by atoms with Gasteiger partial charge in [-0.05, 0) is 30.5 Å². The summed E-state index contributed by atoms with van der Waals surface area (Å²) < 4.78 is 15.5. The number of rotatable bonds is 10. The molecular weight excluding hydrogens is 386 g/mol. The molecule has 0 aliphatic carbocycles. The van der Waals surface area contributed by atoms with E-state index in [0.29, 0.717) is 18.9 Å². The molecule has 1 fully saturated rings. The number of hydrogen-bond acceptors (Lipinski definition) is 5. The smallest absolute Gasteiger partial charge is 0.328 e. The zero-order chi connectivity index (χ0) is 22.1. The van der Waals surface area contributed by atoms with Crippen LogP contribution < -0.4 is 24.6 Å². The largest absolute Gasteiger partial charge is 0.493 e. The van der Waals surface area contributed by atoms with Crippen LogP contribution in [0.5, 0.6) is 11.5 Å². The summed E-state index contributed by atoms with van der Waals surface area (Å²) in [6, 6.07) is 5.47. The molecule has 3 N–H and O–H groups in total. The molecule has 1 aliphatic rings. The fourth-order valence-electron chi connectivity index (χ4n) is 3.89. The van der Waals surface area contributed by atoms with Gasteiger partial charge < -0.3 is 29.3 Å². The van der Waals surface area contributed by atoms with Crippen LogP contribution in [0.25, 0.3) is 0 Å². The van der Waals surface area contributed by atoms with Crippen LogP contribution in [-0.4, -0.2) is 72.0 Å². The SMILES string of the molecule is COC(=O)[C@H](CC(C)C)NC(=O)C[NH+]1CC[NH+](Cc2ccc(OC)c(OC)c2)CC1. The molecule has 0 bridgehead atoms. The molecule has 0 saturated carbocycles. The molecule has 1 aromatic carbocycles. The van der Waals surface area contributed by atoms with Crippen LogP contribution in [-0.2, 0) is 20.9 Å². The minimum Gasteiger partial charge on any atom is -0.493 e. The summed E-state index contributed by atoms with van der Waals surface area (Å²) in [5, 5.41) is 2.85. The maximum Gasteiger partial charge on any atom is 0.328 e. The molecule has 168 valence electrons. The second-order valence-corrected chi connectivity index (χ2v) is 8.32. The molecule has 1 amide bonds. The lowest BCUT2D eigenvalue weighted by molar-refractivity contribution is -1.02. The van der Waals surface area contributed by atoms with E-state index in [4.69, 9.17) is 14.2 Å². The fraction of sp³-hybridized carbons (Fsp3) is 0.636. The Balaban J connectivity index is 1.81.